The maximum absolute atomic E-state index is 12.8. The number of hydrogen-bond donors (Lipinski definition) is 3. The number of amides is 1. The fourth-order valence-corrected chi connectivity index (χ4v) is 2.74. The van der Waals surface area contributed by atoms with Crippen LogP contribution in [0.15, 0.2) is 42.5 Å². The van der Waals surface area contributed by atoms with E-state index < -0.39 is 17.6 Å². The summed E-state index contributed by atoms with van der Waals surface area (Å²) < 4.78 is 49.1. The van der Waals surface area contributed by atoms with E-state index in [-0.39, 0.29) is 24.9 Å². The number of anilines is 1. The fraction of sp³-hybridized carbons (Fsp3) is 0.381. The van der Waals surface area contributed by atoms with Crippen LogP contribution in [0.2, 0.25) is 0 Å². The third-order valence-electron chi connectivity index (χ3n) is 4.51. The van der Waals surface area contributed by atoms with Gasteiger partial charge in [-0.25, -0.2) is 0 Å². The minimum Gasteiger partial charge on any atom is -0.493 e. The Balaban J connectivity index is 1.95. The van der Waals surface area contributed by atoms with Gasteiger partial charge < -0.3 is 25.2 Å². The second kappa shape index (κ2) is 10.8. The van der Waals surface area contributed by atoms with Crippen LogP contribution in [0.5, 0.6) is 11.5 Å². The van der Waals surface area contributed by atoms with E-state index in [4.69, 9.17) is 9.47 Å². The molecule has 6 nitrogen and oxygen atoms in total. The number of halogens is 3. The molecule has 9 heteroatoms. The Morgan fingerprint density at radius 2 is 1.97 bits per heavy atom. The molecule has 30 heavy (non-hydrogen) atoms. The highest BCUT2D eigenvalue weighted by Gasteiger charge is 2.30. The van der Waals surface area contributed by atoms with E-state index in [1.54, 1.807) is 12.1 Å². The van der Waals surface area contributed by atoms with Crippen molar-refractivity contribution in [3.63, 3.8) is 0 Å². The smallest absolute Gasteiger partial charge is 0.416 e. The number of alkyl halides is 3. The van der Waals surface area contributed by atoms with Gasteiger partial charge in [0.2, 0.25) is 0 Å². The molecule has 1 unspecified atom stereocenters. The highest BCUT2D eigenvalue weighted by molar-refractivity contribution is 5.92. The molecule has 2 aromatic carbocycles. The number of ether oxygens (including phenoxy) is 2. The monoisotopic (exact) mass is 427 g/mol. The third kappa shape index (κ3) is 6.93. The molecule has 0 aromatic heterocycles. The van der Waals surface area contributed by atoms with Gasteiger partial charge in [0.15, 0.2) is 18.1 Å². The molecule has 0 aliphatic rings. The number of nitrogens with one attached hydrogen (secondary N) is 1. The molecule has 0 aliphatic carbocycles. The number of carbonyl (C=O) groups excluding carboxylic acids is 1. The summed E-state index contributed by atoms with van der Waals surface area (Å²) in [7, 11) is 1.47. The summed E-state index contributed by atoms with van der Waals surface area (Å²) in [4.78, 5) is 12.1. The minimum absolute atomic E-state index is 0.0330. The lowest BCUT2D eigenvalue weighted by molar-refractivity contribution is -0.706. The van der Waals surface area contributed by atoms with E-state index in [0.717, 1.165) is 24.1 Å². The molecule has 4 N–H and O–H groups in total. The Labute approximate surface area is 173 Å². The predicted octanol–water partition coefficient (Wildman–Crippen LogP) is 2.57. The highest BCUT2D eigenvalue weighted by atomic mass is 19.4. The molecular weight excluding hydrogens is 401 g/mol. The lowest BCUT2D eigenvalue weighted by atomic mass is 10.1. The number of aliphatic hydroxyl groups is 1. The van der Waals surface area contributed by atoms with Crippen LogP contribution in [0, 0.1) is 0 Å². The normalized spacial score (nSPS) is 12.3. The number of quaternary nitrogens is 1. The molecule has 1 atom stereocenters. The summed E-state index contributed by atoms with van der Waals surface area (Å²) >= 11 is 0. The van der Waals surface area contributed by atoms with Crippen LogP contribution >= 0.6 is 0 Å². The van der Waals surface area contributed by atoms with E-state index in [1.165, 1.54) is 19.2 Å². The molecule has 0 aliphatic heterocycles. The van der Waals surface area contributed by atoms with Crippen LogP contribution < -0.4 is 20.1 Å². The van der Waals surface area contributed by atoms with Crippen molar-refractivity contribution in [2.75, 3.05) is 25.6 Å². The van der Waals surface area contributed by atoms with Crippen molar-refractivity contribution < 1.29 is 37.9 Å². The van der Waals surface area contributed by atoms with Crippen molar-refractivity contribution in [3.05, 3.63) is 53.6 Å². The Morgan fingerprint density at radius 1 is 1.20 bits per heavy atom. The molecular formula is C21H26F3N2O4+. The van der Waals surface area contributed by atoms with Crippen molar-refractivity contribution >= 4 is 11.6 Å². The standard InChI is InChI=1S/C21H25F3N2O4/c1-3-16(12-27)25-11-14-7-8-18(19(9-14)29-2)30-13-20(28)26-17-6-4-5-15(10-17)21(22,23)24/h4-10,16,25,27H,3,11-13H2,1-2H3,(H,26,28)/p+1. The lowest BCUT2D eigenvalue weighted by Crippen LogP contribution is -2.89. The largest absolute Gasteiger partial charge is 0.493 e. The van der Waals surface area contributed by atoms with Crippen molar-refractivity contribution in [2.45, 2.75) is 32.1 Å². The summed E-state index contributed by atoms with van der Waals surface area (Å²) in [5.74, 6) is 0.182. The summed E-state index contributed by atoms with van der Waals surface area (Å²) in [6.07, 6.45) is -3.64. The average Bonchev–Trinajstić information content (AvgIpc) is 2.72. The molecule has 0 bridgehead atoms. The van der Waals surface area contributed by atoms with Crippen LogP contribution in [0.1, 0.15) is 24.5 Å². The van der Waals surface area contributed by atoms with Gasteiger partial charge in [0, 0.05) is 11.3 Å². The van der Waals surface area contributed by atoms with E-state index >= 15 is 0 Å². The first-order chi connectivity index (χ1) is 14.3. The summed E-state index contributed by atoms with van der Waals surface area (Å²) in [6, 6.07) is 9.77. The first kappa shape index (κ1) is 23.5. The van der Waals surface area contributed by atoms with Gasteiger partial charge in [0.25, 0.3) is 5.91 Å². The Hall–Kier alpha value is -2.78. The molecule has 2 aromatic rings. The minimum atomic E-state index is -4.49. The zero-order valence-corrected chi connectivity index (χ0v) is 16.8. The fourth-order valence-electron chi connectivity index (χ4n) is 2.74. The van der Waals surface area contributed by atoms with E-state index in [2.05, 4.69) is 5.32 Å². The van der Waals surface area contributed by atoms with Crippen molar-refractivity contribution in [1.29, 1.82) is 0 Å². The summed E-state index contributed by atoms with van der Waals surface area (Å²) in [5, 5.41) is 13.7. The van der Waals surface area contributed by atoms with E-state index in [1.807, 2.05) is 18.3 Å². The molecule has 0 fully saturated rings. The third-order valence-corrected chi connectivity index (χ3v) is 4.51. The van der Waals surface area contributed by atoms with Crippen LogP contribution in [0.25, 0.3) is 0 Å². The molecule has 0 saturated carbocycles. The van der Waals surface area contributed by atoms with E-state index in [9.17, 15) is 23.1 Å². The molecule has 164 valence electrons. The first-order valence-corrected chi connectivity index (χ1v) is 9.47. The van der Waals surface area contributed by atoms with Gasteiger partial charge in [0.1, 0.15) is 12.6 Å². The maximum Gasteiger partial charge on any atom is 0.416 e. The zero-order valence-electron chi connectivity index (χ0n) is 16.8. The van der Waals surface area contributed by atoms with Crippen molar-refractivity contribution in [1.82, 2.24) is 0 Å². The van der Waals surface area contributed by atoms with Gasteiger partial charge in [-0.1, -0.05) is 13.0 Å². The predicted molar refractivity (Wildman–Crippen MR) is 105 cm³/mol. The van der Waals surface area contributed by atoms with Gasteiger partial charge in [-0.2, -0.15) is 13.2 Å². The second-order valence-corrected chi connectivity index (χ2v) is 6.69. The maximum atomic E-state index is 12.8. The number of nitrogens with two attached hydrogens (primary N) is 1. The molecule has 0 radical (unpaired) electrons. The Morgan fingerprint density at radius 3 is 2.60 bits per heavy atom. The van der Waals surface area contributed by atoms with Gasteiger partial charge in [-0.05, 0) is 42.8 Å². The molecule has 0 saturated heterocycles. The van der Waals surface area contributed by atoms with Crippen LogP contribution in [-0.2, 0) is 17.5 Å². The Bertz CT molecular complexity index is 839. The second-order valence-electron chi connectivity index (χ2n) is 6.69. The molecule has 1 amide bonds. The number of benzene rings is 2. The molecule has 0 spiro atoms. The summed E-state index contributed by atoms with van der Waals surface area (Å²) in [5.41, 5.74) is 0.145. The quantitative estimate of drug-likeness (QED) is 0.544. The molecule has 2 rings (SSSR count). The molecule has 0 heterocycles. The van der Waals surface area contributed by atoms with Gasteiger partial charge in [-0.15, -0.1) is 0 Å². The number of aliphatic hydroxyl groups excluding tert-OH is 1. The summed E-state index contributed by atoms with van der Waals surface area (Å²) in [6.45, 7) is 2.35. The van der Waals surface area contributed by atoms with Crippen molar-refractivity contribution in [2.24, 2.45) is 0 Å². The van der Waals surface area contributed by atoms with Gasteiger partial charge in [-0.3, -0.25) is 4.79 Å². The van der Waals surface area contributed by atoms with Crippen LogP contribution in [-0.4, -0.2) is 37.4 Å². The number of hydrogen-bond acceptors (Lipinski definition) is 4. The zero-order chi connectivity index (χ0) is 22.1. The van der Waals surface area contributed by atoms with Crippen molar-refractivity contribution in [3.8, 4) is 11.5 Å². The SMILES string of the molecule is CCC(CO)[NH2+]Cc1ccc(OCC(=O)Nc2cccc(C(F)(F)F)c2)c(OC)c1. The highest BCUT2D eigenvalue weighted by Crippen LogP contribution is 2.31. The Kier molecular flexibility index (Phi) is 8.49. The van der Waals surface area contributed by atoms with Crippen LogP contribution in [0.3, 0.4) is 0 Å². The van der Waals surface area contributed by atoms with E-state index in [0.29, 0.717) is 18.0 Å². The number of rotatable bonds is 10. The number of carbonyl (C=O) groups is 1. The van der Waals surface area contributed by atoms with Crippen LogP contribution in [0.4, 0.5) is 18.9 Å². The first-order valence-electron chi connectivity index (χ1n) is 9.47. The van der Waals surface area contributed by atoms with Gasteiger partial charge >= 0.3 is 6.18 Å². The number of methoxy groups -OCH3 is 1. The average molecular weight is 427 g/mol. The topological polar surface area (TPSA) is 84.4 Å². The lowest BCUT2D eigenvalue weighted by Gasteiger charge is -2.14. The van der Waals surface area contributed by atoms with Gasteiger partial charge in [0.05, 0.1) is 19.3 Å².